The van der Waals surface area contributed by atoms with Crippen molar-refractivity contribution in [1.29, 1.82) is 0 Å². The van der Waals surface area contributed by atoms with Crippen LogP contribution in [0.1, 0.15) is 35.7 Å². The van der Waals surface area contributed by atoms with Gasteiger partial charge in [-0.15, -0.1) is 10.2 Å². The second-order valence-electron chi connectivity index (χ2n) is 8.21. The highest BCUT2D eigenvalue weighted by atomic mass is 19.4. The molecule has 1 amide bonds. The van der Waals surface area contributed by atoms with Crippen molar-refractivity contribution in [1.82, 2.24) is 29.3 Å². The molecule has 1 saturated heterocycles. The van der Waals surface area contributed by atoms with Gasteiger partial charge in [-0.1, -0.05) is 18.2 Å². The minimum atomic E-state index is -4.45. The summed E-state index contributed by atoms with van der Waals surface area (Å²) in [4.78, 5) is 14.5. The van der Waals surface area contributed by atoms with Gasteiger partial charge in [0.15, 0.2) is 5.65 Å². The summed E-state index contributed by atoms with van der Waals surface area (Å²) < 4.78 is 42.6. The lowest BCUT2D eigenvalue weighted by Gasteiger charge is -2.31. The number of halogens is 3. The maximum absolute atomic E-state index is 13.2. The number of piperidine rings is 1. The number of hydrogen-bond acceptors (Lipinski definition) is 4. The van der Waals surface area contributed by atoms with E-state index in [0.717, 1.165) is 29.9 Å². The van der Waals surface area contributed by atoms with Crippen LogP contribution in [-0.2, 0) is 11.0 Å². The van der Waals surface area contributed by atoms with E-state index in [0.29, 0.717) is 31.0 Å². The molecule has 5 rings (SSSR count). The quantitative estimate of drug-likeness (QED) is 0.420. The van der Waals surface area contributed by atoms with Crippen LogP contribution in [-0.4, -0.2) is 48.3 Å². The monoisotopic (exact) mass is 466 g/mol. The Kier molecular flexibility index (Phi) is 5.64. The molecule has 1 aromatic carbocycles. The zero-order valence-electron chi connectivity index (χ0n) is 18.1. The van der Waals surface area contributed by atoms with Crippen molar-refractivity contribution in [3.8, 4) is 5.69 Å². The number of para-hydroxylation sites is 1. The zero-order chi connectivity index (χ0) is 23.7. The Morgan fingerprint density at radius 3 is 2.68 bits per heavy atom. The average molecular weight is 466 g/mol. The first-order chi connectivity index (χ1) is 16.4. The molecule has 1 atom stereocenters. The Balaban J connectivity index is 1.30. The first kappa shape index (κ1) is 21.9. The second-order valence-corrected chi connectivity index (χ2v) is 8.21. The molecule has 1 aliphatic rings. The number of carbonyl (C=O) groups excluding carboxylic acids is 1. The molecule has 0 spiro atoms. The van der Waals surface area contributed by atoms with Gasteiger partial charge in [0.25, 0.3) is 0 Å². The van der Waals surface area contributed by atoms with Gasteiger partial charge >= 0.3 is 6.18 Å². The van der Waals surface area contributed by atoms with E-state index in [4.69, 9.17) is 0 Å². The molecule has 1 fully saturated rings. The van der Waals surface area contributed by atoms with Crippen LogP contribution >= 0.6 is 0 Å². The smallest absolute Gasteiger partial charge is 0.338 e. The topological polar surface area (TPSA) is 68.3 Å². The van der Waals surface area contributed by atoms with Gasteiger partial charge in [-0.3, -0.25) is 9.20 Å². The summed E-state index contributed by atoms with van der Waals surface area (Å²) in [5.41, 5.74) is 1.29. The number of nitrogens with zero attached hydrogens (tertiary/aromatic N) is 6. The van der Waals surface area contributed by atoms with Crippen molar-refractivity contribution < 1.29 is 18.0 Å². The van der Waals surface area contributed by atoms with Gasteiger partial charge in [0.1, 0.15) is 5.82 Å². The van der Waals surface area contributed by atoms with Crippen LogP contribution in [0.3, 0.4) is 0 Å². The van der Waals surface area contributed by atoms with Crippen LogP contribution in [0.15, 0.2) is 67.1 Å². The summed E-state index contributed by atoms with van der Waals surface area (Å²) in [5, 5.41) is 12.5. The fourth-order valence-corrected chi connectivity index (χ4v) is 4.16. The van der Waals surface area contributed by atoms with Crippen LogP contribution in [0.4, 0.5) is 13.2 Å². The van der Waals surface area contributed by atoms with E-state index in [-0.39, 0.29) is 11.8 Å². The van der Waals surface area contributed by atoms with Crippen molar-refractivity contribution in [3.63, 3.8) is 0 Å². The number of fused-ring (bicyclic) bond motifs is 1. The number of aromatic nitrogens is 5. The molecule has 7 nitrogen and oxygen atoms in total. The molecule has 0 bridgehead atoms. The maximum atomic E-state index is 13.2. The highest BCUT2D eigenvalue weighted by Gasteiger charge is 2.32. The lowest BCUT2D eigenvalue weighted by molar-refractivity contribution is -0.137. The molecule has 34 heavy (non-hydrogen) atoms. The lowest BCUT2D eigenvalue weighted by atomic mass is 9.97. The first-order valence-corrected chi connectivity index (χ1v) is 10.9. The fraction of sp³-hybridized carbons (Fsp3) is 0.250. The molecule has 1 aliphatic heterocycles. The highest BCUT2D eigenvalue weighted by Crippen LogP contribution is 2.31. The van der Waals surface area contributed by atoms with E-state index < -0.39 is 11.7 Å². The Morgan fingerprint density at radius 2 is 1.88 bits per heavy atom. The number of likely N-dealkylation sites (tertiary alicyclic amines) is 1. The number of benzene rings is 1. The van der Waals surface area contributed by atoms with E-state index in [1.54, 1.807) is 21.9 Å². The Bertz CT molecular complexity index is 1340. The highest BCUT2D eigenvalue weighted by molar-refractivity contribution is 5.91. The summed E-state index contributed by atoms with van der Waals surface area (Å²) in [6.07, 6.45) is 4.73. The molecule has 4 aromatic rings. The third-order valence-electron chi connectivity index (χ3n) is 5.90. The molecule has 0 N–H and O–H groups in total. The largest absolute Gasteiger partial charge is 0.417 e. The molecular weight excluding hydrogens is 445 g/mol. The SMILES string of the molecule is O=C(/C=C/c1cnn(-c2ccccc2)c1)N1CCCC(c2nnc3ccc(C(F)(F)F)cn23)C1. The Morgan fingerprint density at radius 1 is 1.06 bits per heavy atom. The van der Waals surface area contributed by atoms with Gasteiger partial charge in [0.05, 0.1) is 17.4 Å². The molecule has 10 heteroatoms. The van der Waals surface area contributed by atoms with E-state index in [9.17, 15) is 18.0 Å². The van der Waals surface area contributed by atoms with Crippen LogP contribution in [0, 0.1) is 0 Å². The molecule has 1 unspecified atom stereocenters. The predicted molar refractivity (Wildman–Crippen MR) is 119 cm³/mol. The molecule has 4 heterocycles. The van der Waals surface area contributed by atoms with Gasteiger partial charge in [-0.25, -0.2) is 4.68 Å². The predicted octanol–water partition coefficient (Wildman–Crippen LogP) is 4.35. The second kappa shape index (κ2) is 8.77. The van der Waals surface area contributed by atoms with Crippen molar-refractivity contribution in [2.45, 2.75) is 24.9 Å². The lowest BCUT2D eigenvalue weighted by Crippen LogP contribution is -2.38. The number of hydrogen-bond donors (Lipinski definition) is 0. The summed E-state index contributed by atoms with van der Waals surface area (Å²) >= 11 is 0. The summed E-state index contributed by atoms with van der Waals surface area (Å²) in [6.45, 7) is 0.941. The van der Waals surface area contributed by atoms with Gasteiger partial charge in [-0.05, 0) is 43.2 Å². The zero-order valence-corrected chi connectivity index (χ0v) is 18.1. The van der Waals surface area contributed by atoms with Crippen LogP contribution in [0.5, 0.6) is 0 Å². The van der Waals surface area contributed by atoms with E-state index in [1.807, 2.05) is 36.5 Å². The summed E-state index contributed by atoms with van der Waals surface area (Å²) in [5.74, 6) is 0.0686. The minimum absolute atomic E-state index is 0.165. The van der Waals surface area contributed by atoms with Crippen LogP contribution in [0.2, 0.25) is 0 Å². The summed E-state index contributed by atoms with van der Waals surface area (Å²) in [6, 6.07) is 11.9. The van der Waals surface area contributed by atoms with E-state index in [2.05, 4.69) is 15.3 Å². The van der Waals surface area contributed by atoms with Crippen molar-refractivity contribution >= 4 is 17.6 Å². The number of amides is 1. The van der Waals surface area contributed by atoms with Crippen molar-refractivity contribution in [3.05, 3.63) is 84.1 Å². The van der Waals surface area contributed by atoms with Crippen LogP contribution < -0.4 is 0 Å². The molecule has 3 aromatic heterocycles. The number of pyridine rings is 1. The van der Waals surface area contributed by atoms with Crippen LogP contribution in [0.25, 0.3) is 17.4 Å². The van der Waals surface area contributed by atoms with Gasteiger partial charge in [0.2, 0.25) is 5.91 Å². The molecule has 0 aliphatic carbocycles. The average Bonchev–Trinajstić information content (AvgIpc) is 3.49. The van der Waals surface area contributed by atoms with Gasteiger partial charge in [0, 0.05) is 43.0 Å². The Hall–Kier alpha value is -3.95. The molecule has 0 saturated carbocycles. The van der Waals surface area contributed by atoms with E-state index >= 15 is 0 Å². The maximum Gasteiger partial charge on any atom is 0.417 e. The fourth-order valence-electron chi connectivity index (χ4n) is 4.16. The molecular formula is C24H21F3N6O. The van der Waals surface area contributed by atoms with Gasteiger partial charge in [-0.2, -0.15) is 18.3 Å². The third-order valence-corrected chi connectivity index (χ3v) is 5.90. The standard InChI is InChI=1S/C24H21F3N6O/c25-24(26,27)19-9-10-21-29-30-23(32(21)16-19)18-5-4-12-31(15-18)22(34)11-8-17-13-28-33(14-17)20-6-2-1-3-7-20/h1-3,6-11,13-14,16,18H,4-5,12,15H2/b11-8+. The summed E-state index contributed by atoms with van der Waals surface area (Å²) in [7, 11) is 0. The normalized spacial score (nSPS) is 17.0. The molecule has 0 radical (unpaired) electrons. The number of rotatable bonds is 4. The molecule has 174 valence electrons. The van der Waals surface area contributed by atoms with Crippen molar-refractivity contribution in [2.24, 2.45) is 0 Å². The van der Waals surface area contributed by atoms with E-state index in [1.165, 1.54) is 16.5 Å². The number of alkyl halides is 3. The number of carbonyl (C=O) groups is 1. The minimum Gasteiger partial charge on any atom is -0.338 e. The first-order valence-electron chi connectivity index (χ1n) is 10.9. The Labute approximate surface area is 193 Å². The van der Waals surface area contributed by atoms with Gasteiger partial charge < -0.3 is 4.90 Å². The third kappa shape index (κ3) is 4.43. The van der Waals surface area contributed by atoms with Crippen molar-refractivity contribution in [2.75, 3.05) is 13.1 Å².